The van der Waals surface area contributed by atoms with Crippen molar-refractivity contribution in [2.75, 3.05) is 0 Å². The van der Waals surface area contributed by atoms with Gasteiger partial charge in [-0.25, -0.2) is 5.43 Å². The van der Waals surface area contributed by atoms with Crippen molar-refractivity contribution in [2.24, 2.45) is 5.10 Å². The number of carbonyl (C=O) groups excluding carboxylic acids is 1. The molecule has 114 valence electrons. The quantitative estimate of drug-likeness (QED) is 0.516. The highest BCUT2D eigenvalue weighted by atomic mass is 32.2. The Bertz CT molecular complexity index is 665. The van der Waals surface area contributed by atoms with E-state index in [1.165, 1.54) is 22.9 Å². The van der Waals surface area contributed by atoms with Gasteiger partial charge in [-0.3, -0.25) is 4.79 Å². The van der Waals surface area contributed by atoms with Crippen LogP contribution in [0.2, 0.25) is 0 Å². The predicted molar refractivity (Wildman–Crippen MR) is 93.4 cm³/mol. The van der Waals surface area contributed by atoms with Crippen LogP contribution in [0.1, 0.15) is 23.6 Å². The Hall–Kier alpha value is -2.07. The van der Waals surface area contributed by atoms with E-state index in [1.54, 1.807) is 6.21 Å². The van der Waals surface area contributed by atoms with E-state index in [-0.39, 0.29) is 11.2 Å². The number of amides is 1. The second kappa shape index (κ2) is 7.80. The summed E-state index contributed by atoms with van der Waals surface area (Å²) in [6.07, 6.45) is 1.66. The Morgan fingerprint density at radius 3 is 2.55 bits per heavy atom. The minimum Gasteiger partial charge on any atom is -0.272 e. The van der Waals surface area contributed by atoms with E-state index < -0.39 is 0 Å². The van der Waals surface area contributed by atoms with E-state index in [4.69, 9.17) is 0 Å². The molecule has 1 atom stereocenters. The topological polar surface area (TPSA) is 41.5 Å². The smallest absolute Gasteiger partial charge is 0.253 e. The summed E-state index contributed by atoms with van der Waals surface area (Å²) >= 11 is 1.52. The van der Waals surface area contributed by atoms with Gasteiger partial charge in [0.15, 0.2) is 0 Å². The molecule has 0 saturated heterocycles. The number of thioether (sulfide) groups is 1. The van der Waals surface area contributed by atoms with Crippen molar-refractivity contribution in [1.82, 2.24) is 5.43 Å². The lowest BCUT2D eigenvalue weighted by atomic mass is 10.2. The zero-order valence-corrected chi connectivity index (χ0v) is 13.9. The Morgan fingerprint density at radius 2 is 1.86 bits per heavy atom. The summed E-state index contributed by atoms with van der Waals surface area (Å²) in [4.78, 5) is 13.1. The third-order valence-electron chi connectivity index (χ3n) is 3.13. The van der Waals surface area contributed by atoms with E-state index in [1.807, 2.05) is 69.3 Å². The fourth-order valence-corrected chi connectivity index (χ4v) is 2.75. The fourth-order valence-electron chi connectivity index (χ4n) is 1.89. The molecule has 0 radical (unpaired) electrons. The molecule has 0 bridgehead atoms. The van der Waals surface area contributed by atoms with E-state index in [2.05, 4.69) is 10.5 Å². The van der Waals surface area contributed by atoms with Crippen molar-refractivity contribution in [1.29, 1.82) is 0 Å². The number of nitrogens with zero attached hydrogens (tertiary/aromatic N) is 1. The van der Waals surface area contributed by atoms with Gasteiger partial charge >= 0.3 is 0 Å². The summed E-state index contributed by atoms with van der Waals surface area (Å²) in [7, 11) is 0. The van der Waals surface area contributed by atoms with Crippen LogP contribution in [0.15, 0.2) is 58.5 Å². The van der Waals surface area contributed by atoms with Crippen LogP contribution in [0.25, 0.3) is 0 Å². The SMILES string of the molecule is Cc1ccc(S[C@@H](C)C(=O)N/N=C\c2cccc(C)c2)cc1. The van der Waals surface area contributed by atoms with Gasteiger partial charge in [-0.05, 0) is 38.5 Å². The van der Waals surface area contributed by atoms with E-state index in [9.17, 15) is 4.79 Å². The van der Waals surface area contributed by atoms with Crippen molar-refractivity contribution >= 4 is 23.9 Å². The Balaban J connectivity index is 1.87. The third-order valence-corrected chi connectivity index (χ3v) is 4.25. The lowest BCUT2D eigenvalue weighted by Gasteiger charge is -2.09. The van der Waals surface area contributed by atoms with Crippen molar-refractivity contribution < 1.29 is 4.79 Å². The molecule has 1 N–H and O–H groups in total. The maximum atomic E-state index is 12.0. The second-order valence-corrected chi connectivity index (χ2v) is 6.64. The standard InChI is InChI=1S/C18H20N2OS/c1-13-7-9-17(10-8-13)22-15(3)18(21)20-19-12-16-6-4-5-14(2)11-16/h4-12,15H,1-3H3,(H,20,21)/b19-12-/t15-/m0/s1. The molecule has 2 rings (SSSR count). The highest BCUT2D eigenvalue weighted by Crippen LogP contribution is 2.23. The van der Waals surface area contributed by atoms with Gasteiger partial charge in [-0.15, -0.1) is 11.8 Å². The molecule has 0 aromatic heterocycles. The van der Waals surface area contributed by atoms with E-state index in [0.717, 1.165) is 10.5 Å². The summed E-state index contributed by atoms with van der Waals surface area (Å²) < 4.78 is 0. The van der Waals surface area contributed by atoms with Crippen molar-refractivity contribution in [3.05, 3.63) is 65.2 Å². The summed E-state index contributed by atoms with van der Waals surface area (Å²) in [5.74, 6) is -0.102. The average Bonchev–Trinajstić information content (AvgIpc) is 2.49. The number of rotatable bonds is 5. The van der Waals surface area contributed by atoms with Crippen molar-refractivity contribution in [3.8, 4) is 0 Å². The largest absolute Gasteiger partial charge is 0.272 e. The minimum atomic E-state index is -0.197. The molecule has 4 heteroatoms. The zero-order chi connectivity index (χ0) is 15.9. The number of nitrogens with one attached hydrogen (secondary N) is 1. The molecule has 0 spiro atoms. The molecule has 3 nitrogen and oxygen atoms in total. The Kier molecular flexibility index (Phi) is 5.78. The van der Waals surface area contributed by atoms with Crippen LogP contribution in [-0.2, 0) is 4.79 Å². The molecule has 0 unspecified atom stereocenters. The fraction of sp³-hybridized carbons (Fsp3) is 0.222. The highest BCUT2D eigenvalue weighted by Gasteiger charge is 2.13. The van der Waals surface area contributed by atoms with Gasteiger partial charge in [0, 0.05) is 4.90 Å². The second-order valence-electron chi connectivity index (χ2n) is 5.22. The highest BCUT2D eigenvalue weighted by molar-refractivity contribution is 8.00. The molecule has 0 aliphatic rings. The molecule has 1 amide bonds. The van der Waals surface area contributed by atoms with Crippen LogP contribution in [-0.4, -0.2) is 17.4 Å². The van der Waals surface area contributed by atoms with Gasteiger partial charge in [0.1, 0.15) is 0 Å². The molecule has 2 aromatic rings. The predicted octanol–water partition coefficient (Wildman–Crippen LogP) is 3.93. The number of hydrogen-bond acceptors (Lipinski definition) is 3. The van der Waals surface area contributed by atoms with Crippen LogP contribution in [0, 0.1) is 13.8 Å². The van der Waals surface area contributed by atoms with Gasteiger partial charge in [-0.2, -0.15) is 5.10 Å². The molecule has 0 aliphatic carbocycles. The summed E-state index contributed by atoms with van der Waals surface area (Å²) in [5, 5.41) is 3.82. The molecule has 0 aliphatic heterocycles. The van der Waals surface area contributed by atoms with Crippen LogP contribution < -0.4 is 5.43 Å². The monoisotopic (exact) mass is 312 g/mol. The average molecular weight is 312 g/mol. The van der Waals surface area contributed by atoms with E-state index >= 15 is 0 Å². The first kappa shape index (κ1) is 16.3. The molecule has 22 heavy (non-hydrogen) atoms. The van der Waals surface area contributed by atoms with E-state index in [0.29, 0.717) is 0 Å². The normalized spacial score (nSPS) is 12.3. The molecular weight excluding hydrogens is 292 g/mol. The molecule has 2 aromatic carbocycles. The molecule has 0 heterocycles. The third kappa shape index (κ3) is 5.04. The van der Waals surface area contributed by atoms with Gasteiger partial charge in [0.25, 0.3) is 5.91 Å². The number of hydrogen-bond donors (Lipinski definition) is 1. The first-order chi connectivity index (χ1) is 10.5. The Labute approximate surface area is 135 Å². The lowest BCUT2D eigenvalue weighted by molar-refractivity contribution is -0.120. The van der Waals surface area contributed by atoms with Gasteiger partial charge in [-0.1, -0.05) is 47.5 Å². The molecule has 0 fully saturated rings. The number of benzene rings is 2. The van der Waals surface area contributed by atoms with Gasteiger partial charge in [0.05, 0.1) is 11.5 Å². The first-order valence-electron chi connectivity index (χ1n) is 7.17. The molecular formula is C18H20N2OS. The number of carbonyl (C=O) groups is 1. The van der Waals surface area contributed by atoms with Crippen LogP contribution >= 0.6 is 11.8 Å². The first-order valence-corrected chi connectivity index (χ1v) is 8.05. The minimum absolute atomic E-state index is 0.102. The summed E-state index contributed by atoms with van der Waals surface area (Å²) in [5.41, 5.74) is 5.94. The Morgan fingerprint density at radius 1 is 1.14 bits per heavy atom. The van der Waals surface area contributed by atoms with Gasteiger partial charge in [0.2, 0.25) is 0 Å². The van der Waals surface area contributed by atoms with Crippen molar-refractivity contribution in [3.63, 3.8) is 0 Å². The summed E-state index contributed by atoms with van der Waals surface area (Å²) in [6.45, 7) is 5.95. The van der Waals surface area contributed by atoms with Crippen LogP contribution in [0.4, 0.5) is 0 Å². The van der Waals surface area contributed by atoms with Crippen LogP contribution in [0.5, 0.6) is 0 Å². The maximum absolute atomic E-state index is 12.0. The molecule has 0 saturated carbocycles. The zero-order valence-electron chi connectivity index (χ0n) is 13.0. The van der Waals surface area contributed by atoms with Gasteiger partial charge < -0.3 is 0 Å². The number of hydrazone groups is 1. The van der Waals surface area contributed by atoms with Crippen LogP contribution in [0.3, 0.4) is 0 Å². The summed E-state index contributed by atoms with van der Waals surface area (Å²) in [6, 6.07) is 16.1. The van der Waals surface area contributed by atoms with Crippen molar-refractivity contribution in [2.45, 2.75) is 30.9 Å². The number of aryl methyl sites for hydroxylation is 2. The lowest BCUT2D eigenvalue weighted by Crippen LogP contribution is -2.26. The maximum Gasteiger partial charge on any atom is 0.253 e.